The first kappa shape index (κ1) is 29.7. The summed E-state index contributed by atoms with van der Waals surface area (Å²) in [7, 11) is 0. The van der Waals surface area contributed by atoms with Crippen LogP contribution in [0.1, 0.15) is 64.6 Å². The number of aliphatic hydroxyl groups excluding tert-OH is 1. The molecule has 0 amide bonds. The van der Waals surface area contributed by atoms with Crippen LogP contribution in [0.2, 0.25) is 0 Å². The molecule has 1 aromatic heterocycles. The van der Waals surface area contributed by atoms with E-state index in [1.54, 1.807) is 12.3 Å². The van der Waals surface area contributed by atoms with Crippen LogP contribution in [0.3, 0.4) is 0 Å². The average Bonchev–Trinajstić information content (AvgIpc) is 3.55. The van der Waals surface area contributed by atoms with Crippen molar-refractivity contribution in [3.8, 4) is 28.7 Å². The van der Waals surface area contributed by atoms with Crippen LogP contribution in [-0.2, 0) is 32.6 Å². The molecule has 0 radical (unpaired) electrons. The maximum atomic E-state index is 10.1. The Morgan fingerprint density at radius 2 is 1.75 bits per heavy atom. The third kappa shape index (κ3) is 6.42. The summed E-state index contributed by atoms with van der Waals surface area (Å²) in [6.45, 7) is 4.61. The third-order valence-electron chi connectivity index (χ3n) is 9.11. The van der Waals surface area contributed by atoms with Crippen LogP contribution < -0.4 is 14.2 Å². The van der Waals surface area contributed by atoms with E-state index in [-0.39, 0.29) is 19.3 Å². The summed E-state index contributed by atoms with van der Waals surface area (Å²) in [5, 5.41) is 29.6. The summed E-state index contributed by atoms with van der Waals surface area (Å²) in [5.74, 6) is 1.60. The van der Waals surface area contributed by atoms with E-state index in [4.69, 9.17) is 9.47 Å². The summed E-state index contributed by atoms with van der Waals surface area (Å²) in [6, 6.07) is 22.8. The molecule has 1 atom stereocenters. The van der Waals surface area contributed by atoms with E-state index in [1.807, 2.05) is 12.1 Å². The van der Waals surface area contributed by atoms with E-state index in [1.165, 1.54) is 34.0 Å². The number of aromatic nitrogens is 1. The van der Waals surface area contributed by atoms with Gasteiger partial charge in [-0.3, -0.25) is 10.1 Å². The van der Waals surface area contributed by atoms with Crippen LogP contribution >= 0.6 is 0 Å². The fraction of sp³-hybridized carbons (Fsp3) is 0.351. The number of aliphatic hydroxyl groups is 1. The Bertz CT molecular complexity index is 1660. The molecule has 2 heterocycles. The third-order valence-corrected chi connectivity index (χ3v) is 9.11. The van der Waals surface area contributed by atoms with Crippen molar-refractivity contribution in [1.82, 2.24) is 4.90 Å². The number of rotatable bonds is 10. The van der Waals surface area contributed by atoms with Crippen molar-refractivity contribution < 1.29 is 24.5 Å². The minimum atomic E-state index is 0.144. The molecule has 44 heavy (non-hydrogen) atoms. The molecule has 4 aromatic rings. The number of fused-ring (bicyclic) bond motifs is 1. The highest BCUT2D eigenvalue weighted by atomic mass is 16.5. The predicted octanol–water partition coefficient (Wildman–Crippen LogP) is 6.05. The van der Waals surface area contributed by atoms with E-state index in [0.29, 0.717) is 24.3 Å². The van der Waals surface area contributed by atoms with Crippen LogP contribution in [0.15, 0.2) is 73.1 Å². The van der Waals surface area contributed by atoms with Crippen molar-refractivity contribution >= 4 is 0 Å². The van der Waals surface area contributed by atoms with Gasteiger partial charge in [0.25, 0.3) is 0 Å². The number of pyridine rings is 1. The Hall–Kier alpha value is -4.38. The van der Waals surface area contributed by atoms with E-state index >= 15 is 0 Å². The van der Waals surface area contributed by atoms with Gasteiger partial charge in [0.05, 0.1) is 12.2 Å². The Balaban J connectivity index is 1.33. The topological polar surface area (TPSA) is 89.8 Å². The lowest BCUT2D eigenvalue weighted by Crippen LogP contribution is -2.41. The maximum absolute atomic E-state index is 10.1. The van der Waals surface area contributed by atoms with Crippen LogP contribution in [0.25, 0.3) is 11.1 Å². The standard InChI is InChI=1S/C37H40N3O4/c1-26-30(11-7-13-32(26)29-9-3-2-4-10-29)25-44-36-18-37(43-24-28-17-27(19-38)20-40(42)21-28)35(33-14-8-15-34(33)36)22-39-16-6-5-12-31(39)23-41/h2-4,7,9-11,13,17-18,20-21,31,41-42H,5-6,8,12,14-16,22-25H2,1H3/q+1/t31-/m0/s1. The minimum Gasteiger partial charge on any atom is -0.488 e. The highest BCUT2D eigenvalue weighted by molar-refractivity contribution is 5.68. The van der Waals surface area contributed by atoms with Crippen LogP contribution in [0.5, 0.6) is 11.5 Å². The lowest BCUT2D eigenvalue weighted by atomic mass is 9.96. The van der Waals surface area contributed by atoms with Gasteiger partial charge < -0.3 is 14.6 Å². The second kappa shape index (κ2) is 13.5. The molecule has 7 nitrogen and oxygen atoms in total. The maximum Gasteiger partial charge on any atom is 0.239 e. The molecule has 2 aliphatic rings. The van der Waals surface area contributed by atoms with Gasteiger partial charge in [-0.15, -0.1) is 0 Å². The summed E-state index contributed by atoms with van der Waals surface area (Å²) >= 11 is 0. The molecule has 2 N–H and O–H groups in total. The first-order chi connectivity index (χ1) is 21.5. The number of likely N-dealkylation sites (tertiary alicyclic amines) is 1. The smallest absolute Gasteiger partial charge is 0.239 e. The number of hydrogen-bond acceptors (Lipinski definition) is 6. The average molecular weight is 591 g/mol. The van der Waals surface area contributed by atoms with Crippen LogP contribution in [0.4, 0.5) is 0 Å². The zero-order valence-electron chi connectivity index (χ0n) is 25.3. The fourth-order valence-electron chi connectivity index (χ4n) is 6.75. The molecule has 1 aliphatic heterocycles. The quantitative estimate of drug-likeness (QED) is 0.173. The van der Waals surface area contributed by atoms with E-state index in [0.717, 1.165) is 72.4 Å². The van der Waals surface area contributed by atoms with Crippen molar-refractivity contribution in [3.63, 3.8) is 0 Å². The number of nitrogens with zero attached hydrogens (tertiary/aromatic N) is 3. The molecule has 0 saturated carbocycles. The van der Waals surface area contributed by atoms with Gasteiger partial charge in [-0.1, -0.05) is 55.0 Å². The van der Waals surface area contributed by atoms with E-state index < -0.39 is 0 Å². The fourth-order valence-corrected chi connectivity index (χ4v) is 6.75. The zero-order chi connectivity index (χ0) is 30.5. The van der Waals surface area contributed by atoms with Crippen molar-refractivity contribution in [1.29, 1.82) is 5.26 Å². The largest absolute Gasteiger partial charge is 0.488 e. The molecule has 0 spiro atoms. The van der Waals surface area contributed by atoms with Crippen molar-refractivity contribution in [2.45, 2.75) is 71.2 Å². The lowest BCUT2D eigenvalue weighted by Gasteiger charge is -2.35. The molecule has 1 saturated heterocycles. The van der Waals surface area contributed by atoms with Gasteiger partial charge in [0, 0.05) is 28.9 Å². The van der Waals surface area contributed by atoms with Gasteiger partial charge in [0.15, 0.2) is 0 Å². The molecule has 6 rings (SSSR count). The molecule has 1 aliphatic carbocycles. The summed E-state index contributed by atoms with van der Waals surface area (Å²) in [6.07, 6.45) is 9.15. The van der Waals surface area contributed by atoms with Gasteiger partial charge >= 0.3 is 0 Å². The molecular formula is C37H40N3O4+. The number of benzene rings is 3. The number of nitriles is 1. The Morgan fingerprint density at radius 1 is 0.932 bits per heavy atom. The first-order valence-electron chi connectivity index (χ1n) is 15.6. The molecule has 1 fully saturated rings. The highest BCUT2D eigenvalue weighted by Crippen LogP contribution is 2.41. The molecule has 0 unspecified atom stereocenters. The minimum absolute atomic E-state index is 0.144. The Kier molecular flexibility index (Phi) is 9.11. The first-order valence-corrected chi connectivity index (χ1v) is 15.6. The van der Waals surface area contributed by atoms with Gasteiger partial charge in [-0.05, 0) is 85.0 Å². The van der Waals surface area contributed by atoms with Crippen molar-refractivity contribution in [3.05, 3.63) is 112 Å². The lowest BCUT2D eigenvalue weighted by molar-refractivity contribution is -0.905. The number of ether oxygens (including phenoxy) is 2. The molecule has 3 aromatic carbocycles. The van der Waals surface area contributed by atoms with Crippen molar-refractivity contribution in [2.24, 2.45) is 0 Å². The highest BCUT2D eigenvalue weighted by Gasteiger charge is 2.29. The number of piperidine rings is 1. The Morgan fingerprint density at radius 3 is 2.57 bits per heavy atom. The summed E-state index contributed by atoms with van der Waals surface area (Å²) in [4.78, 5) is 2.39. The monoisotopic (exact) mass is 590 g/mol. The number of hydrogen-bond donors (Lipinski definition) is 2. The normalized spacial score (nSPS) is 16.3. The van der Waals surface area contributed by atoms with E-state index in [9.17, 15) is 15.6 Å². The van der Waals surface area contributed by atoms with Gasteiger partial charge in [0.1, 0.15) is 36.3 Å². The second-order valence-corrected chi connectivity index (χ2v) is 11.9. The van der Waals surface area contributed by atoms with Gasteiger partial charge in [-0.2, -0.15) is 5.26 Å². The molecule has 0 bridgehead atoms. The molecular weight excluding hydrogens is 550 g/mol. The van der Waals surface area contributed by atoms with Gasteiger partial charge in [-0.25, -0.2) is 0 Å². The zero-order valence-corrected chi connectivity index (χ0v) is 25.3. The molecule has 7 heteroatoms. The summed E-state index contributed by atoms with van der Waals surface area (Å²) in [5.41, 5.74) is 9.50. The second-order valence-electron chi connectivity index (χ2n) is 11.9. The van der Waals surface area contributed by atoms with Crippen molar-refractivity contribution in [2.75, 3.05) is 13.2 Å². The molecule has 226 valence electrons. The SMILES string of the molecule is Cc1c(COc2cc(OCc3cc(C#N)c[n+](O)c3)c(CN3CCCC[C@H]3CO)c3c2CCC3)cccc1-c1ccccc1. The predicted molar refractivity (Wildman–Crippen MR) is 167 cm³/mol. The Labute approximate surface area is 259 Å². The van der Waals surface area contributed by atoms with Crippen LogP contribution in [-0.4, -0.2) is 34.4 Å². The van der Waals surface area contributed by atoms with Gasteiger partial charge in [0.2, 0.25) is 12.4 Å². The summed E-state index contributed by atoms with van der Waals surface area (Å²) < 4.78 is 14.0. The van der Waals surface area contributed by atoms with Crippen LogP contribution in [0, 0.1) is 18.3 Å². The van der Waals surface area contributed by atoms with E-state index in [2.05, 4.69) is 60.4 Å².